The summed E-state index contributed by atoms with van der Waals surface area (Å²) in [5.41, 5.74) is 2.16. The van der Waals surface area contributed by atoms with Crippen LogP contribution in [0.15, 0.2) is 48.7 Å². The third-order valence-electron chi connectivity index (χ3n) is 4.17. The monoisotopic (exact) mass is 310 g/mol. The van der Waals surface area contributed by atoms with Crippen molar-refractivity contribution in [3.05, 3.63) is 48.7 Å². The summed E-state index contributed by atoms with van der Waals surface area (Å²) in [4.78, 5) is 16.4. The summed E-state index contributed by atoms with van der Waals surface area (Å²) < 4.78 is 5.44. The molecule has 1 N–H and O–H groups in total. The summed E-state index contributed by atoms with van der Waals surface area (Å²) in [7, 11) is 0. The Hall–Kier alpha value is -2.20. The molecule has 4 nitrogen and oxygen atoms in total. The van der Waals surface area contributed by atoms with Crippen LogP contribution in [0.25, 0.3) is 11.1 Å². The standard InChI is InChI=1S/C19H22N2O2/c22-19(11-8-15-5-4-12-23-14-15)21-18-10-9-17(13-20-18)16-6-2-1-3-7-16/h1-3,6-7,9-10,13,15H,4-5,8,11-12,14H2,(H,20,21,22). The molecule has 1 aromatic heterocycles. The van der Waals surface area contributed by atoms with Crippen molar-refractivity contribution in [2.75, 3.05) is 18.5 Å². The summed E-state index contributed by atoms with van der Waals surface area (Å²) in [6.07, 6.45) is 5.47. The topological polar surface area (TPSA) is 51.2 Å². The highest BCUT2D eigenvalue weighted by atomic mass is 16.5. The van der Waals surface area contributed by atoms with Gasteiger partial charge in [-0.3, -0.25) is 4.79 Å². The molecule has 3 rings (SSSR count). The fraction of sp³-hybridized carbons (Fsp3) is 0.368. The normalized spacial score (nSPS) is 17.7. The van der Waals surface area contributed by atoms with Gasteiger partial charge in [-0.15, -0.1) is 0 Å². The zero-order valence-electron chi connectivity index (χ0n) is 13.2. The summed E-state index contributed by atoms with van der Waals surface area (Å²) in [6.45, 7) is 1.65. The first-order chi connectivity index (χ1) is 11.3. The van der Waals surface area contributed by atoms with Gasteiger partial charge in [0.1, 0.15) is 5.82 Å². The Bertz CT molecular complexity index is 620. The van der Waals surface area contributed by atoms with Gasteiger partial charge in [0.05, 0.1) is 0 Å². The highest BCUT2D eigenvalue weighted by Gasteiger charge is 2.15. The molecular weight excluding hydrogens is 288 g/mol. The van der Waals surface area contributed by atoms with Crippen LogP contribution in [0.3, 0.4) is 0 Å². The number of benzene rings is 1. The van der Waals surface area contributed by atoms with Crippen LogP contribution in [-0.2, 0) is 9.53 Å². The Morgan fingerprint density at radius 3 is 2.74 bits per heavy atom. The summed E-state index contributed by atoms with van der Waals surface area (Å²) in [6, 6.07) is 13.9. The maximum absolute atomic E-state index is 12.0. The van der Waals surface area contributed by atoms with Crippen LogP contribution >= 0.6 is 0 Å². The number of amides is 1. The van der Waals surface area contributed by atoms with E-state index in [1.807, 2.05) is 42.5 Å². The predicted octanol–water partition coefficient (Wildman–Crippen LogP) is 3.89. The smallest absolute Gasteiger partial charge is 0.225 e. The average Bonchev–Trinajstić information content (AvgIpc) is 2.62. The Morgan fingerprint density at radius 2 is 2.04 bits per heavy atom. The molecule has 1 saturated heterocycles. The number of hydrogen-bond acceptors (Lipinski definition) is 3. The third-order valence-corrected chi connectivity index (χ3v) is 4.17. The van der Waals surface area contributed by atoms with E-state index in [4.69, 9.17) is 4.74 Å². The van der Waals surface area contributed by atoms with Crippen LogP contribution in [0.1, 0.15) is 25.7 Å². The molecule has 0 spiro atoms. The maximum atomic E-state index is 12.0. The summed E-state index contributed by atoms with van der Waals surface area (Å²) in [5, 5.41) is 2.87. The van der Waals surface area contributed by atoms with Crippen molar-refractivity contribution in [1.82, 2.24) is 4.98 Å². The summed E-state index contributed by atoms with van der Waals surface area (Å²) in [5.74, 6) is 1.15. The number of pyridine rings is 1. The lowest BCUT2D eigenvalue weighted by atomic mass is 9.97. The van der Waals surface area contributed by atoms with Crippen LogP contribution in [0.4, 0.5) is 5.82 Å². The van der Waals surface area contributed by atoms with E-state index in [0.29, 0.717) is 18.2 Å². The van der Waals surface area contributed by atoms with Crippen LogP contribution in [-0.4, -0.2) is 24.1 Å². The number of carbonyl (C=O) groups excluding carboxylic acids is 1. The van der Waals surface area contributed by atoms with Crippen LogP contribution in [0.2, 0.25) is 0 Å². The Labute approximate surface area is 136 Å². The fourth-order valence-corrected chi connectivity index (χ4v) is 2.84. The number of ether oxygens (including phenoxy) is 1. The van der Waals surface area contributed by atoms with Crippen LogP contribution < -0.4 is 5.32 Å². The second-order valence-electron chi connectivity index (χ2n) is 5.97. The van der Waals surface area contributed by atoms with E-state index in [1.165, 1.54) is 0 Å². The fourth-order valence-electron chi connectivity index (χ4n) is 2.84. The van der Waals surface area contributed by atoms with E-state index in [-0.39, 0.29) is 5.91 Å². The molecular formula is C19H22N2O2. The van der Waals surface area contributed by atoms with E-state index in [9.17, 15) is 4.79 Å². The number of rotatable bonds is 5. The molecule has 2 heterocycles. The Balaban J connectivity index is 1.50. The molecule has 0 radical (unpaired) electrons. The molecule has 4 heteroatoms. The minimum atomic E-state index is 0.0236. The van der Waals surface area contributed by atoms with Gasteiger partial charge >= 0.3 is 0 Å². The van der Waals surface area contributed by atoms with E-state index in [0.717, 1.165) is 43.6 Å². The predicted molar refractivity (Wildman–Crippen MR) is 91.1 cm³/mol. The second-order valence-corrected chi connectivity index (χ2v) is 5.97. The van der Waals surface area contributed by atoms with Gasteiger partial charge in [0, 0.05) is 31.4 Å². The van der Waals surface area contributed by atoms with E-state index in [2.05, 4.69) is 10.3 Å². The number of carbonyl (C=O) groups is 1. The lowest BCUT2D eigenvalue weighted by Crippen LogP contribution is -2.20. The number of anilines is 1. The van der Waals surface area contributed by atoms with E-state index < -0.39 is 0 Å². The molecule has 1 fully saturated rings. The molecule has 0 bridgehead atoms. The molecule has 0 saturated carbocycles. The number of nitrogens with one attached hydrogen (secondary N) is 1. The molecule has 1 atom stereocenters. The molecule has 0 aliphatic carbocycles. The zero-order chi connectivity index (χ0) is 15.9. The zero-order valence-corrected chi connectivity index (χ0v) is 13.2. The Morgan fingerprint density at radius 1 is 1.17 bits per heavy atom. The van der Waals surface area contributed by atoms with Crippen molar-refractivity contribution in [2.45, 2.75) is 25.7 Å². The van der Waals surface area contributed by atoms with Gasteiger partial charge in [-0.2, -0.15) is 0 Å². The van der Waals surface area contributed by atoms with Crippen LogP contribution in [0, 0.1) is 5.92 Å². The largest absolute Gasteiger partial charge is 0.381 e. The molecule has 120 valence electrons. The molecule has 2 aromatic rings. The van der Waals surface area contributed by atoms with Crippen molar-refractivity contribution in [3.63, 3.8) is 0 Å². The lowest BCUT2D eigenvalue weighted by Gasteiger charge is -2.21. The molecule has 1 unspecified atom stereocenters. The number of nitrogens with zero attached hydrogens (tertiary/aromatic N) is 1. The number of hydrogen-bond donors (Lipinski definition) is 1. The first-order valence-electron chi connectivity index (χ1n) is 8.20. The van der Waals surface area contributed by atoms with Gasteiger partial charge in [0.25, 0.3) is 0 Å². The van der Waals surface area contributed by atoms with Gasteiger partial charge in [-0.25, -0.2) is 4.98 Å². The minimum absolute atomic E-state index is 0.0236. The van der Waals surface area contributed by atoms with Gasteiger partial charge in [-0.1, -0.05) is 30.3 Å². The van der Waals surface area contributed by atoms with Gasteiger partial charge in [-0.05, 0) is 42.9 Å². The molecule has 23 heavy (non-hydrogen) atoms. The molecule has 1 aromatic carbocycles. The van der Waals surface area contributed by atoms with Gasteiger partial charge < -0.3 is 10.1 Å². The Kier molecular flexibility index (Phi) is 5.37. The molecule has 1 aliphatic rings. The van der Waals surface area contributed by atoms with E-state index in [1.54, 1.807) is 6.20 Å². The lowest BCUT2D eigenvalue weighted by molar-refractivity contribution is -0.116. The van der Waals surface area contributed by atoms with Gasteiger partial charge in [0.2, 0.25) is 5.91 Å². The van der Waals surface area contributed by atoms with Gasteiger partial charge in [0.15, 0.2) is 0 Å². The number of aromatic nitrogens is 1. The van der Waals surface area contributed by atoms with Crippen molar-refractivity contribution < 1.29 is 9.53 Å². The molecule has 1 amide bonds. The first-order valence-corrected chi connectivity index (χ1v) is 8.20. The van der Waals surface area contributed by atoms with Crippen molar-refractivity contribution in [3.8, 4) is 11.1 Å². The maximum Gasteiger partial charge on any atom is 0.225 e. The second kappa shape index (κ2) is 7.88. The summed E-state index contributed by atoms with van der Waals surface area (Å²) >= 11 is 0. The average molecular weight is 310 g/mol. The van der Waals surface area contributed by atoms with E-state index >= 15 is 0 Å². The van der Waals surface area contributed by atoms with Crippen LogP contribution in [0.5, 0.6) is 0 Å². The minimum Gasteiger partial charge on any atom is -0.381 e. The highest BCUT2D eigenvalue weighted by molar-refractivity contribution is 5.89. The third kappa shape index (κ3) is 4.63. The first kappa shape index (κ1) is 15.7. The SMILES string of the molecule is O=C(CCC1CCCOC1)Nc1ccc(-c2ccccc2)cn1. The molecule has 1 aliphatic heterocycles. The quantitative estimate of drug-likeness (QED) is 0.911. The van der Waals surface area contributed by atoms with Crippen molar-refractivity contribution in [1.29, 1.82) is 0 Å². The van der Waals surface area contributed by atoms with Crippen molar-refractivity contribution >= 4 is 11.7 Å². The highest BCUT2D eigenvalue weighted by Crippen LogP contribution is 2.20. The van der Waals surface area contributed by atoms with Crippen molar-refractivity contribution in [2.24, 2.45) is 5.92 Å².